The van der Waals surface area contributed by atoms with Crippen LogP contribution in [0.5, 0.6) is 0 Å². The highest BCUT2D eigenvalue weighted by Crippen LogP contribution is 2.49. The van der Waals surface area contributed by atoms with Crippen LogP contribution >= 0.6 is 0 Å². The minimum absolute atomic E-state index is 0.0227. The Labute approximate surface area is 182 Å². The molecule has 5 aromatic rings. The third kappa shape index (κ3) is 2.51. The fourth-order valence-electron chi connectivity index (χ4n) is 5.41. The highest BCUT2D eigenvalue weighted by atomic mass is 14.7. The molecule has 0 aliphatic heterocycles. The summed E-state index contributed by atoms with van der Waals surface area (Å²) >= 11 is 0. The van der Waals surface area contributed by atoms with Gasteiger partial charge in [0.2, 0.25) is 0 Å². The molecule has 0 fully saturated rings. The van der Waals surface area contributed by atoms with Crippen LogP contribution in [0.25, 0.3) is 43.9 Å². The van der Waals surface area contributed by atoms with Crippen molar-refractivity contribution in [3.8, 4) is 22.4 Å². The second-order valence-electron chi connectivity index (χ2n) is 9.20. The van der Waals surface area contributed by atoms with Gasteiger partial charge in [0.1, 0.15) is 0 Å². The SMILES string of the molecule is Cc1cc2c(ccc3c(-c4ccc5c(c4)-c4ccccc4C5(C)C)nccc32)c(C)n1. The molecule has 0 radical (unpaired) electrons. The standard InChI is InChI=1S/C29H24N2/c1-17-15-24-20(18(2)31-17)10-11-23-21(24)13-14-30-28(23)19-9-12-27-25(16-19)22-7-5-6-8-26(22)29(27,3)4/h5-16H,1-4H3. The van der Waals surface area contributed by atoms with Gasteiger partial charge < -0.3 is 0 Å². The molecule has 2 nitrogen and oxygen atoms in total. The smallest absolute Gasteiger partial charge is 0.0780 e. The second-order valence-corrected chi connectivity index (χ2v) is 9.20. The lowest BCUT2D eigenvalue weighted by Gasteiger charge is -2.21. The fourth-order valence-corrected chi connectivity index (χ4v) is 5.41. The number of pyridine rings is 2. The van der Waals surface area contributed by atoms with Crippen LogP contribution < -0.4 is 0 Å². The van der Waals surface area contributed by atoms with Gasteiger partial charge in [-0.25, -0.2) is 0 Å². The molecule has 2 heteroatoms. The number of hydrogen-bond acceptors (Lipinski definition) is 2. The molecule has 0 saturated carbocycles. The topological polar surface area (TPSA) is 25.8 Å². The van der Waals surface area contributed by atoms with Crippen molar-refractivity contribution in [2.24, 2.45) is 0 Å². The lowest BCUT2D eigenvalue weighted by atomic mass is 9.82. The number of benzene rings is 3. The zero-order valence-corrected chi connectivity index (χ0v) is 18.3. The highest BCUT2D eigenvalue weighted by molar-refractivity contribution is 6.12. The maximum absolute atomic E-state index is 4.83. The first-order valence-corrected chi connectivity index (χ1v) is 10.9. The predicted molar refractivity (Wildman–Crippen MR) is 130 cm³/mol. The van der Waals surface area contributed by atoms with Gasteiger partial charge in [-0.3, -0.25) is 9.97 Å². The maximum Gasteiger partial charge on any atom is 0.0780 e. The summed E-state index contributed by atoms with van der Waals surface area (Å²) in [6.07, 6.45) is 1.94. The van der Waals surface area contributed by atoms with E-state index in [1.54, 1.807) is 0 Å². The molecule has 0 saturated heterocycles. The minimum atomic E-state index is 0.0227. The van der Waals surface area contributed by atoms with Crippen LogP contribution in [0.15, 0.2) is 72.9 Å². The van der Waals surface area contributed by atoms with Crippen molar-refractivity contribution in [1.29, 1.82) is 0 Å². The summed E-state index contributed by atoms with van der Waals surface area (Å²) in [6, 6.07) is 24.4. The average molecular weight is 401 g/mol. The molecule has 3 aromatic carbocycles. The maximum atomic E-state index is 4.83. The molecule has 2 heterocycles. The summed E-state index contributed by atoms with van der Waals surface area (Å²) in [7, 11) is 0. The summed E-state index contributed by atoms with van der Waals surface area (Å²) in [5.41, 5.74) is 9.81. The van der Waals surface area contributed by atoms with Crippen LogP contribution in [0.2, 0.25) is 0 Å². The Morgan fingerprint density at radius 2 is 1.45 bits per heavy atom. The van der Waals surface area contributed by atoms with Crippen LogP contribution in [-0.4, -0.2) is 9.97 Å². The van der Waals surface area contributed by atoms with Crippen LogP contribution in [0.4, 0.5) is 0 Å². The van der Waals surface area contributed by atoms with E-state index in [0.29, 0.717) is 0 Å². The van der Waals surface area contributed by atoms with Crippen LogP contribution in [0.1, 0.15) is 36.4 Å². The van der Waals surface area contributed by atoms with Gasteiger partial charge in [-0.05, 0) is 65.1 Å². The van der Waals surface area contributed by atoms with Gasteiger partial charge >= 0.3 is 0 Å². The summed E-state index contributed by atoms with van der Waals surface area (Å²) in [5.74, 6) is 0. The van der Waals surface area contributed by atoms with E-state index in [1.807, 2.05) is 6.20 Å². The second kappa shape index (κ2) is 6.24. The van der Waals surface area contributed by atoms with Gasteiger partial charge in [0.05, 0.1) is 5.69 Å². The van der Waals surface area contributed by atoms with E-state index < -0.39 is 0 Å². The molecule has 0 unspecified atom stereocenters. The van der Waals surface area contributed by atoms with E-state index in [0.717, 1.165) is 17.1 Å². The van der Waals surface area contributed by atoms with E-state index in [2.05, 4.69) is 99.4 Å². The molecule has 0 amide bonds. The molecule has 31 heavy (non-hydrogen) atoms. The first-order valence-electron chi connectivity index (χ1n) is 10.9. The van der Waals surface area contributed by atoms with Crippen LogP contribution in [-0.2, 0) is 5.41 Å². The zero-order valence-electron chi connectivity index (χ0n) is 18.3. The number of nitrogens with zero attached hydrogens (tertiary/aromatic N) is 2. The largest absolute Gasteiger partial charge is 0.258 e. The molecule has 0 bridgehead atoms. The lowest BCUT2D eigenvalue weighted by molar-refractivity contribution is 0.660. The van der Waals surface area contributed by atoms with Crippen molar-refractivity contribution < 1.29 is 0 Å². The number of rotatable bonds is 1. The van der Waals surface area contributed by atoms with Crippen molar-refractivity contribution in [3.63, 3.8) is 0 Å². The Morgan fingerprint density at radius 3 is 2.32 bits per heavy atom. The molecule has 1 aliphatic carbocycles. The van der Waals surface area contributed by atoms with Gasteiger partial charge in [0, 0.05) is 39.3 Å². The Hall–Kier alpha value is -3.52. The summed E-state index contributed by atoms with van der Waals surface area (Å²) in [4.78, 5) is 9.48. The minimum Gasteiger partial charge on any atom is -0.258 e. The van der Waals surface area contributed by atoms with Crippen molar-refractivity contribution >= 4 is 21.5 Å². The lowest BCUT2D eigenvalue weighted by Crippen LogP contribution is -2.14. The van der Waals surface area contributed by atoms with Gasteiger partial charge in [-0.2, -0.15) is 0 Å². The average Bonchev–Trinajstić information content (AvgIpc) is 3.00. The van der Waals surface area contributed by atoms with Gasteiger partial charge in [0.15, 0.2) is 0 Å². The number of aromatic nitrogens is 2. The Balaban J connectivity index is 1.62. The highest BCUT2D eigenvalue weighted by Gasteiger charge is 2.35. The molecule has 1 aliphatic rings. The van der Waals surface area contributed by atoms with E-state index in [1.165, 1.54) is 49.4 Å². The fraction of sp³-hybridized carbons (Fsp3) is 0.172. The Bertz CT molecular complexity index is 1530. The molecular weight excluding hydrogens is 376 g/mol. The molecule has 0 N–H and O–H groups in total. The summed E-state index contributed by atoms with van der Waals surface area (Å²) in [5, 5.41) is 4.88. The predicted octanol–water partition coefficient (Wildman–Crippen LogP) is 7.37. The number of hydrogen-bond donors (Lipinski definition) is 0. The third-order valence-corrected chi connectivity index (χ3v) is 6.93. The first kappa shape index (κ1) is 18.3. The quantitative estimate of drug-likeness (QED) is 0.274. The van der Waals surface area contributed by atoms with Crippen molar-refractivity contribution in [2.45, 2.75) is 33.1 Å². The van der Waals surface area contributed by atoms with Gasteiger partial charge in [-0.15, -0.1) is 0 Å². The number of fused-ring (bicyclic) bond motifs is 6. The third-order valence-electron chi connectivity index (χ3n) is 6.93. The van der Waals surface area contributed by atoms with E-state index in [9.17, 15) is 0 Å². The first-order chi connectivity index (χ1) is 14.9. The van der Waals surface area contributed by atoms with Crippen molar-refractivity contribution in [1.82, 2.24) is 9.97 Å². The molecule has 0 atom stereocenters. The van der Waals surface area contributed by atoms with Crippen molar-refractivity contribution in [3.05, 3.63) is 95.4 Å². The summed E-state index contributed by atoms with van der Waals surface area (Å²) in [6.45, 7) is 8.78. The van der Waals surface area contributed by atoms with Crippen LogP contribution in [0.3, 0.4) is 0 Å². The molecular formula is C29H24N2. The molecule has 150 valence electrons. The number of aryl methyl sites for hydroxylation is 2. The van der Waals surface area contributed by atoms with Gasteiger partial charge in [-0.1, -0.05) is 62.4 Å². The summed E-state index contributed by atoms with van der Waals surface area (Å²) < 4.78 is 0. The van der Waals surface area contributed by atoms with Crippen LogP contribution in [0, 0.1) is 13.8 Å². The van der Waals surface area contributed by atoms with E-state index >= 15 is 0 Å². The monoisotopic (exact) mass is 400 g/mol. The molecule has 6 rings (SSSR count). The Kier molecular flexibility index (Phi) is 3.68. The van der Waals surface area contributed by atoms with Crippen molar-refractivity contribution in [2.75, 3.05) is 0 Å². The van der Waals surface area contributed by atoms with Gasteiger partial charge in [0.25, 0.3) is 0 Å². The zero-order chi connectivity index (χ0) is 21.3. The normalized spacial score (nSPS) is 14.1. The Morgan fingerprint density at radius 1 is 0.677 bits per heavy atom. The molecule has 0 spiro atoms. The van der Waals surface area contributed by atoms with E-state index in [-0.39, 0.29) is 5.41 Å². The molecule has 2 aromatic heterocycles. The van der Waals surface area contributed by atoms with E-state index in [4.69, 9.17) is 4.98 Å².